The van der Waals surface area contributed by atoms with Crippen molar-refractivity contribution in [3.63, 3.8) is 0 Å². The molecule has 1 aromatic carbocycles. The van der Waals surface area contributed by atoms with Crippen LogP contribution in [0.25, 0.3) is 0 Å². The molecule has 5 heteroatoms. The zero-order valence-electron chi connectivity index (χ0n) is 11.5. The Kier molecular flexibility index (Phi) is 4.60. The van der Waals surface area contributed by atoms with Crippen LogP contribution in [0.2, 0.25) is 0 Å². The van der Waals surface area contributed by atoms with E-state index in [-0.39, 0.29) is 12.1 Å². The number of aryl methyl sites for hydroxylation is 1. The van der Waals surface area contributed by atoms with Gasteiger partial charge in [-0.3, -0.25) is 0 Å². The van der Waals surface area contributed by atoms with Gasteiger partial charge < -0.3 is 5.32 Å². The van der Waals surface area contributed by atoms with Crippen molar-refractivity contribution in [3.05, 3.63) is 29.8 Å². The van der Waals surface area contributed by atoms with Crippen molar-refractivity contribution in [1.29, 1.82) is 0 Å². The van der Waals surface area contributed by atoms with E-state index in [0.29, 0.717) is 4.90 Å². The number of hydrogen-bond donors (Lipinski definition) is 2. The van der Waals surface area contributed by atoms with E-state index in [2.05, 4.69) is 10.0 Å². The third kappa shape index (κ3) is 3.55. The number of piperidine rings is 1. The molecule has 0 bridgehead atoms. The summed E-state index contributed by atoms with van der Waals surface area (Å²) < 4.78 is 27.6. The molecule has 19 heavy (non-hydrogen) atoms. The van der Waals surface area contributed by atoms with Gasteiger partial charge in [-0.1, -0.05) is 19.1 Å². The maximum Gasteiger partial charge on any atom is 0.240 e. The number of sulfonamides is 1. The number of hydrogen-bond acceptors (Lipinski definition) is 3. The molecule has 1 heterocycles. The SMILES string of the molecule is CCc1cccc(S(=O)(=O)N[C@H]2CCCN[C@@H]2C)c1. The lowest BCUT2D eigenvalue weighted by molar-refractivity contribution is 0.349. The first kappa shape index (κ1) is 14.5. The summed E-state index contributed by atoms with van der Waals surface area (Å²) >= 11 is 0. The summed E-state index contributed by atoms with van der Waals surface area (Å²) in [6.45, 7) is 5.01. The fourth-order valence-electron chi connectivity index (χ4n) is 2.40. The summed E-state index contributed by atoms with van der Waals surface area (Å²) in [6, 6.07) is 7.31. The zero-order chi connectivity index (χ0) is 13.9. The standard InChI is InChI=1S/C14H22N2O2S/c1-3-12-6-4-7-13(10-12)19(17,18)16-14-8-5-9-15-11(14)2/h4,6-7,10-11,14-16H,3,5,8-9H2,1-2H3/t11-,14+/m1/s1. The molecule has 0 unspecified atom stereocenters. The Bertz CT molecular complexity index is 528. The molecule has 1 aromatic rings. The van der Waals surface area contributed by atoms with Crippen molar-refractivity contribution < 1.29 is 8.42 Å². The largest absolute Gasteiger partial charge is 0.313 e. The smallest absolute Gasteiger partial charge is 0.240 e. The lowest BCUT2D eigenvalue weighted by Crippen LogP contribution is -2.51. The first-order valence-corrected chi connectivity index (χ1v) is 8.36. The summed E-state index contributed by atoms with van der Waals surface area (Å²) in [4.78, 5) is 0.365. The van der Waals surface area contributed by atoms with Crippen LogP contribution in [0, 0.1) is 0 Å². The molecule has 4 nitrogen and oxygen atoms in total. The molecule has 1 aliphatic rings. The van der Waals surface area contributed by atoms with Crippen LogP contribution in [-0.2, 0) is 16.4 Å². The van der Waals surface area contributed by atoms with E-state index in [1.54, 1.807) is 18.2 Å². The van der Waals surface area contributed by atoms with Gasteiger partial charge in [0.1, 0.15) is 0 Å². The molecule has 1 fully saturated rings. The second kappa shape index (κ2) is 6.03. The zero-order valence-corrected chi connectivity index (χ0v) is 12.3. The minimum atomic E-state index is -3.42. The van der Waals surface area contributed by atoms with Crippen molar-refractivity contribution in [2.24, 2.45) is 0 Å². The Hall–Kier alpha value is -0.910. The summed E-state index contributed by atoms with van der Waals surface area (Å²) in [5.74, 6) is 0. The van der Waals surface area contributed by atoms with Gasteiger partial charge in [-0.15, -0.1) is 0 Å². The number of rotatable bonds is 4. The average molecular weight is 282 g/mol. The maximum absolute atomic E-state index is 12.4. The molecule has 0 aliphatic carbocycles. The quantitative estimate of drug-likeness (QED) is 0.883. The van der Waals surface area contributed by atoms with Gasteiger partial charge in [0.15, 0.2) is 0 Å². The van der Waals surface area contributed by atoms with Crippen LogP contribution in [0.3, 0.4) is 0 Å². The molecule has 2 atom stereocenters. The van der Waals surface area contributed by atoms with E-state index < -0.39 is 10.0 Å². The van der Waals surface area contributed by atoms with Crippen molar-refractivity contribution >= 4 is 10.0 Å². The van der Waals surface area contributed by atoms with Crippen LogP contribution in [0.15, 0.2) is 29.2 Å². The number of benzene rings is 1. The fraction of sp³-hybridized carbons (Fsp3) is 0.571. The molecule has 1 saturated heterocycles. The van der Waals surface area contributed by atoms with Crippen molar-refractivity contribution in [1.82, 2.24) is 10.0 Å². The molecule has 0 radical (unpaired) electrons. The lowest BCUT2D eigenvalue weighted by atomic mass is 10.0. The fourth-order valence-corrected chi connectivity index (χ4v) is 3.83. The highest BCUT2D eigenvalue weighted by molar-refractivity contribution is 7.89. The predicted octanol–water partition coefficient (Wildman–Crippen LogP) is 1.67. The van der Waals surface area contributed by atoms with E-state index in [1.807, 2.05) is 19.9 Å². The Morgan fingerprint density at radius 3 is 2.89 bits per heavy atom. The minimum Gasteiger partial charge on any atom is -0.313 e. The highest BCUT2D eigenvalue weighted by atomic mass is 32.2. The highest BCUT2D eigenvalue weighted by Gasteiger charge is 2.26. The van der Waals surface area contributed by atoms with Gasteiger partial charge in [0.2, 0.25) is 10.0 Å². The van der Waals surface area contributed by atoms with Gasteiger partial charge in [0.25, 0.3) is 0 Å². The maximum atomic E-state index is 12.4. The van der Waals surface area contributed by atoms with E-state index in [1.165, 1.54) is 0 Å². The second-order valence-electron chi connectivity index (χ2n) is 5.11. The van der Waals surface area contributed by atoms with Gasteiger partial charge in [0.05, 0.1) is 4.90 Å². The van der Waals surface area contributed by atoms with Crippen molar-refractivity contribution in [2.75, 3.05) is 6.54 Å². The van der Waals surface area contributed by atoms with Crippen LogP contribution in [0.5, 0.6) is 0 Å². The van der Waals surface area contributed by atoms with Gasteiger partial charge >= 0.3 is 0 Å². The monoisotopic (exact) mass is 282 g/mol. The predicted molar refractivity (Wildman–Crippen MR) is 76.6 cm³/mol. The second-order valence-corrected chi connectivity index (χ2v) is 6.83. The van der Waals surface area contributed by atoms with E-state index in [9.17, 15) is 8.42 Å². The number of nitrogens with one attached hydrogen (secondary N) is 2. The first-order valence-electron chi connectivity index (χ1n) is 6.87. The highest BCUT2D eigenvalue weighted by Crippen LogP contribution is 2.15. The molecule has 106 valence electrons. The summed E-state index contributed by atoms with van der Waals surface area (Å²) in [6.07, 6.45) is 2.73. The Labute approximate surface area is 115 Å². The van der Waals surface area contributed by atoms with Crippen LogP contribution in [0.1, 0.15) is 32.3 Å². The lowest BCUT2D eigenvalue weighted by Gasteiger charge is -2.30. The molecule has 0 spiro atoms. The molecule has 1 aliphatic heterocycles. The van der Waals surface area contributed by atoms with Crippen molar-refractivity contribution in [2.45, 2.75) is 50.1 Å². The molecular formula is C14H22N2O2S. The summed E-state index contributed by atoms with van der Waals surface area (Å²) in [5.41, 5.74) is 1.04. The van der Waals surface area contributed by atoms with Gasteiger partial charge in [0, 0.05) is 12.1 Å². The van der Waals surface area contributed by atoms with Gasteiger partial charge in [-0.05, 0) is 50.4 Å². The molecule has 2 N–H and O–H groups in total. The third-order valence-electron chi connectivity index (χ3n) is 3.69. The van der Waals surface area contributed by atoms with E-state index in [4.69, 9.17) is 0 Å². The van der Waals surface area contributed by atoms with Crippen LogP contribution in [0.4, 0.5) is 0 Å². The molecule has 0 aromatic heterocycles. The molecule has 2 rings (SSSR count). The third-order valence-corrected chi connectivity index (χ3v) is 5.17. The van der Waals surface area contributed by atoms with Crippen molar-refractivity contribution in [3.8, 4) is 0 Å². The topological polar surface area (TPSA) is 58.2 Å². The van der Waals surface area contributed by atoms with Crippen LogP contribution >= 0.6 is 0 Å². The van der Waals surface area contributed by atoms with Gasteiger partial charge in [-0.25, -0.2) is 13.1 Å². The summed E-state index contributed by atoms with van der Waals surface area (Å²) in [5, 5.41) is 3.30. The summed E-state index contributed by atoms with van der Waals surface area (Å²) in [7, 11) is -3.42. The Morgan fingerprint density at radius 1 is 1.42 bits per heavy atom. The Balaban J connectivity index is 2.17. The van der Waals surface area contributed by atoms with E-state index in [0.717, 1.165) is 31.4 Å². The average Bonchev–Trinajstić information content (AvgIpc) is 2.41. The molecule has 0 saturated carbocycles. The normalized spacial score (nSPS) is 24.3. The van der Waals surface area contributed by atoms with Crippen LogP contribution < -0.4 is 10.0 Å². The first-order chi connectivity index (χ1) is 9.03. The van der Waals surface area contributed by atoms with Gasteiger partial charge in [-0.2, -0.15) is 0 Å². The molecule has 0 amide bonds. The Morgan fingerprint density at radius 2 is 2.21 bits per heavy atom. The van der Waals surface area contributed by atoms with E-state index >= 15 is 0 Å². The molecular weight excluding hydrogens is 260 g/mol. The van der Waals surface area contributed by atoms with Crippen LogP contribution in [-0.4, -0.2) is 27.0 Å². The minimum absolute atomic E-state index is 0.0240.